The van der Waals surface area contributed by atoms with Crippen LogP contribution in [0.15, 0.2) is 0 Å². The highest BCUT2D eigenvalue weighted by atomic mass is 16.5. The van der Waals surface area contributed by atoms with Crippen LogP contribution in [0.2, 0.25) is 0 Å². The molecule has 0 aliphatic heterocycles. The van der Waals surface area contributed by atoms with Crippen molar-refractivity contribution < 1.29 is 10.2 Å². The predicted molar refractivity (Wildman–Crippen MR) is 95.5 cm³/mol. The lowest BCUT2D eigenvalue weighted by Gasteiger charge is -2.15. The van der Waals surface area contributed by atoms with Crippen molar-refractivity contribution >= 4 is 0 Å². The first kappa shape index (κ1) is 21.5. The van der Waals surface area contributed by atoms with Crippen molar-refractivity contribution in [1.29, 1.82) is 0 Å². The highest BCUT2D eigenvalue weighted by Gasteiger charge is 2.18. The Morgan fingerprint density at radius 3 is 1.91 bits per heavy atom. The van der Waals surface area contributed by atoms with E-state index in [1.807, 2.05) is 6.92 Å². The Labute approximate surface area is 138 Å². The van der Waals surface area contributed by atoms with Gasteiger partial charge in [-0.1, -0.05) is 84.5 Å². The number of aliphatic hydroxyl groups is 2. The van der Waals surface area contributed by atoms with Gasteiger partial charge >= 0.3 is 0 Å². The number of hydrogen-bond donors (Lipinski definition) is 2. The molecular formula is C20H38O2. The molecule has 0 heterocycles. The lowest BCUT2D eigenvalue weighted by atomic mass is 9.95. The van der Waals surface area contributed by atoms with Gasteiger partial charge in [0.2, 0.25) is 5.79 Å². The van der Waals surface area contributed by atoms with Crippen LogP contribution < -0.4 is 0 Å². The highest BCUT2D eigenvalue weighted by molar-refractivity contribution is 5.11. The Balaban J connectivity index is 4.21. The molecule has 0 aromatic heterocycles. The Bertz CT molecular complexity index is 299. The van der Waals surface area contributed by atoms with Crippen LogP contribution in [-0.2, 0) is 0 Å². The van der Waals surface area contributed by atoms with Crippen LogP contribution in [0.1, 0.15) is 104 Å². The van der Waals surface area contributed by atoms with E-state index in [9.17, 15) is 10.2 Å². The largest absolute Gasteiger partial charge is 0.356 e. The van der Waals surface area contributed by atoms with Crippen molar-refractivity contribution in [3.05, 3.63) is 0 Å². The number of hydrogen-bond acceptors (Lipinski definition) is 2. The van der Waals surface area contributed by atoms with E-state index in [0.717, 1.165) is 25.7 Å². The van der Waals surface area contributed by atoms with Gasteiger partial charge in [-0.15, -0.1) is 0 Å². The van der Waals surface area contributed by atoms with Gasteiger partial charge in [0.1, 0.15) is 0 Å². The van der Waals surface area contributed by atoms with Gasteiger partial charge in [-0.2, -0.15) is 0 Å². The van der Waals surface area contributed by atoms with Gasteiger partial charge < -0.3 is 10.2 Å². The van der Waals surface area contributed by atoms with Gasteiger partial charge in [0, 0.05) is 12.3 Å². The maximum atomic E-state index is 9.87. The fourth-order valence-corrected chi connectivity index (χ4v) is 2.61. The lowest BCUT2D eigenvalue weighted by molar-refractivity contribution is -0.115. The SMILES string of the molecule is CCCCCCCCC(C#CC(O)(O)CCCC)CCCC. The molecule has 0 bridgehead atoms. The lowest BCUT2D eigenvalue weighted by Crippen LogP contribution is -2.25. The molecule has 0 aromatic carbocycles. The third-order valence-electron chi connectivity index (χ3n) is 4.17. The van der Waals surface area contributed by atoms with Crippen molar-refractivity contribution in [2.45, 2.75) is 110 Å². The summed E-state index contributed by atoms with van der Waals surface area (Å²) >= 11 is 0. The zero-order valence-corrected chi connectivity index (χ0v) is 15.2. The fourth-order valence-electron chi connectivity index (χ4n) is 2.61. The molecule has 0 aliphatic carbocycles. The Hall–Kier alpha value is -0.520. The van der Waals surface area contributed by atoms with Gasteiger partial charge in [-0.05, 0) is 25.2 Å². The molecule has 0 saturated carbocycles. The van der Waals surface area contributed by atoms with E-state index < -0.39 is 5.79 Å². The first-order chi connectivity index (χ1) is 10.6. The molecule has 0 spiro atoms. The molecule has 130 valence electrons. The fraction of sp³-hybridized carbons (Fsp3) is 0.900. The second kappa shape index (κ2) is 14.1. The third kappa shape index (κ3) is 13.2. The van der Waals surface area contributed by atoms with E-state index in [0.29, 0.717) is 12.3 Å². The summed E-state index contributed by atoms with van der Waals surface area (Å²) in [7, 11) is 0. The Morgan fingerprint density at radius 2 is 1.27 bits per heavy atom. The van der Waals surface area contributed by atoms with Crippen LogP contribution >= 0.6 is 0 Å². The minimum Gasteiger partial charge on any atom is -0.356 e. The summed E-state index contributed by atoms with van der Waals surface area (Å²) in [6.07, 6.45) is 14.4. The maximum Gasteiger partial charge on any atom is 0.228 e. The van der Waals surface area contributed by atoms with Crippen molar-refractivity contribution in [2.24, 2.45) is 5.92 Å². The van der Waals surface area contributed by atoms with E-state index in [2.05, 4.69) is 25.7 Å². The highest BCUT2D eigenvalue weighted by Crippen LogP contribution is 2.18. The molecule has 2 N–H and O–H groups in total. The first-order valence-electron chi connectivity index (χ1n) is 9.53. The Kier molecular flexibility index (Phi) is 13.8. The number of rotatable bonds is 13. The van der Waals surface area contributed by atoms with Crippen LogP contribution in [0, 0.1) is 17.8 Å². The summed E-state index contributed by atoms with van der Waals surface area (Å²) < 4.78 is 0. The zero-order chi connectivity index (χ0) is 16.7. The molecule has 22 heavy (non-hydrogen) atoms. The smallest absolute Gasteiger partial charge is 0.228 e. The number of unbranched alkanes of at least 4 members (excludes halogenated alkanes) is 7. The molecule has 1 atom stereocenters. The summed E-state index contributed by atoms with van der Waals surface area (Å²) in [5.41, 5.74) is 0. The van der Waals surface area contributed by atoms with Gasteiger partial charge in [0.15, 0.2) is 0 Å². The summed E-state index contributed by atoms with van der Waals surface area (Å²) in [6, 6.07) is 0. The molecule has 0 rings (SSSR count). The second-order valence-electron chi connectivity index (χ2n) is 6.59. The molecule has 2 heteroatoms. The topological polar surface area (TPSA) is 40.5 Å². The molecular weight excluding hydrogens is 272 g/mol. The van der Waals surface area contributed by atoms with Crippen molar-refractivity contribution in [1.82, 2.24) is 0 Å². The Morgan fingerprint density at radius 1 is 0.727 bits per heavy atom. The molecule has 0 aromatic rings. The summed E-state index contributed by atoms with van der Waals surface area (Å²) in [5.74, 6) is 4.42. The van der Waals surface area contributed by atoms with Crippen molar-refractivity contribution in [3.63, 3.8) is 0 Å². The minimum absolute atomic E-state index is 0.325. The normalized spacial score (nSPS) is 12.8. The van der Waals surface area contributed by atoms with Crippen LogP contribution in [0.3, 0.4) is 0 Å². The van der Waals surface area contributed by atoms with Crippen LogP contribution in [-0.4, -0.2) is 16.0 Å². The molecule has 0 saturated heterocycles. The van der Waals surface area contributed by atoms with Crippen LogP contribution in [0.5, 0.6) is 0 Å². The maximum absolute atomic E-state index is 9.87. The van der Waals surface area contributed by atoms with Gasteiger partial charge in [0.05, 0.1) is 0 Å². The predicted octanol–water partition coefficient (Wildman–Crippen LogP) is 5.42. The first-order valence-corrected chi connectivity index (χ1v) is 9.53. The van der Waals surface area contributed by atoms with E-state index in [-0.39, 0.29) is 0 Å². The quantitative estimate of drug-likeness (QED) is 0.271. The molecule has 0 fully saturated rings. The molecule has 0 amide bonds. The molecule has 0 aliphatic rings. The minimum atomic E-state index is -1.79. The molecule has 2 nitrogen and oxygen atoms in total. The average molecular weight is 311 g/mol. The van der Waals surface area contributed by atoms with E-state index in [1.54, 1.807) is 0 Å². The monoisotopic (exact) mass is 310 g/mol. The average Bonchev–Trinajstić information content (AvgIpc) is 2.50. The van der Waals surface area contributed by atoms with Gasteiger partial charge in [-0.3, -0.25) is 0 Å². The molecule has 1 unspecified atom stereocenters. The standard InChI is InChI=1S/C20H38O2/c1-4-7-10-11-12-13-15-19(14-8-5-2)16-18-20(21,22)17-9-6-3/h19,21-22H,4-15,17H2,1-3H3. The third-order valence-corrected chi connectivity index (χ3v) is 4.17. The van der Waals surface area contributed by atoms with Crippen molar-refractivity contribution in [3.8, 4) is 11.8 Å². The van der Waals surface area contributed by atoms with Gasteiger partial charge in [-0.25, -0.2) is 0 Å². The molecule has 0 radical (unpaired) electrons. The van der Waals surface area contributed by atoms with E-state index in [1.165, 1.54) is 51.4 Å². The summed E-state index contributed by atoms with van der Waals surface area (Å²) in [6.45, 7) is 6.48. The van der Waals surface area contributed by atoms with Crippen molar-refractivity contribution in [2.75, 3.05) is 0 Å². The second-order valence-corrected chi connectivity index (χ2v) is 6.59. The van der Waals surface area contributed by atoms with Crippen LogP contribution in [0.4, 0.5) is 0 Å². The van der Waals surface area contributed by atoms with E-state index in [4.69, 9.17) is 0 Å². The van der Waals surface area contributed by atoms with Crippen LogP contribution in [0.25, 0.3) is 0 Å². The summed E-state index contributed by atoms with van der Waals surface area (Å²) in [5, 5.41) is 19.7. The summed E-state index contributed by atoms with van der Waals surface area (Å²) in [4.78, 5) is 0. The zero-order valence-electron chi connectivity index (χ0n) is 15.2. The van der Waals surface area contributed by atoms with E-state index >= 15 is 0 Å². The van der Waals surface area contributed by atoms with Gasteiger partial charge in [0.25, 0.3) is 0 Å².